The van der Waals surface area contributed by atoms with Crippen molar-refractivity contribution in [1.29, 1.82) is 0 Å². The Bertz CT molecular complexity index is 795. The summed E-state index contributed by atoms with van der Waals surface area (Å²) in [6, 6.07) is 13.4. The number of hydrogen-bond donors (Lipinski definition) is 1. The Morgan fingerprint density at radius 3 is 2.14 bits per heavy atom. The molecule has 0 aromatic heterocycles. The molecule has 1 N–H and O–H groups in total. The van der Waals surface area contributed by atoms with E-state index in [0.29, 0.717) is 28.8 Å². The summed E-state index contributed by atoms with van der Waals surface area (Å²) in [5.74, 6) is 0.106. The average molecular weight is 437 g/mol. The summed E-state index contributed by atoms with van der Waals surface area (Å²) in [6.45, 7) is 4.56. The highest BCUT2D eigenvalue weighted by molar-refractivity contribution is 6.30. The van der Waals surface area contributed by atoms with Gasteiger partial charge in [0.25, 0.3) is 5.91 Å². The van der Waals surface area contributed by atoms with E-state index < -0.39 is 6.04 Å². The molecule has 0 saturated carbocycles. The predicted octanol–water partition coefficient (Wildman–Crippen LogP) is 4.71. The maximum Gasteiger partial charge on any atom is 0.261 e. The van der Waals surface area contributed by atoms with Crippen molar-refractivity contribution in [3.05, 3.63) is 64.1 Å². The Balaban J connectivity index is 2.16. The quantitative estimate of drug-likeness (QED) is 0.586. The molecule has 0 radical (unpaired) electrons. The third kappa shape index (κ3) is 7.26. The molecule has 0 saturated heterocycles. The monoisotopic (exact) mass is 436 g/mol. The van der Waals surface area contributed by atoms with E-state index in [0.717, 1.165) is 12.0 Å². The van der Waals surface area contributed by atoms with Crippen molar-refractivity contribution in [2.75, 3.05) is 13.2 Å². The van der Waals surface area contributed by atoms with Gasteiger partial charge < -0.3 is 15.0 Å². The minimum absolute atomic E-state index is 0.164. The van der Waals surface area contributed by atoms with Crippen molar-refractivity contribution in [2.45, 2.75) is 39.3 Å². The van der Waals surface area contributed by atoms with E-state index in [9.17, 15) is 9.59 Å². The minimum atomic E-state index is -0.585. The number of benzene rings is 2. The van der Waals surface area contributed by atoms with Gasteiger partial charge in [-0.1, -0.05) is 49.2 Å². The number of rotatable bonds is 10. The Labute approximate surface area is 181 Å². The van der Waals surface area contributed by atoms with E-state index in [1.165, 1.54) is 0 Å². The number of amides is 2. The summed E-state index contributed by atoms with van der Waals surface area (Å²) in [6.07, 6.45) is 1.32. The van der Waals surface area contributed by atoms with Gasteiger partial charge >= 0.3 is 0 Å². The van der Waals surface area contributed by atoms with Gasteiger partial charge in [0.1, 0.15) is 11.8 Å². The van der Waals surface area contributed by atoms with Crippen LogP contribution in [0.1, 0.15) is 32.3 Å². The molecule has 0 aliphatic rings. The molecule has 29 heavy (non-hydrogen) atoms. The van der Waals surface area contributed by atoms with Crippen LogP contribution in [0.4, 0.5) is 0 Å². The highest BCUT2D eigenvalue weighted by Gasteiger charge is 2.28. The van der Waals surface area contributed by atoms with E-state index in [2.05, 4.69) is 5.32 Å². The standard InChI is InChI=1S/C22H26Cl2N2O3/c1-3-13-25-22(28)20(4-2)26(14-16-5-7-17(23)8-6-16)21(27)15-29-19-11-9-18(24)10-12-19/h5-12,20H,3-4,13-15H2,1-2H3,(H,25,28)/t20-/m0/s1. The molecule has 0 heterocycles. The molecule has 2 aromatic carbocycles. The first-order valence-electron chi connectivity index (χ1n) is 9.64. The van der Waals surface area contributed by atoms with E-state index in [1.807, 2.05) is 26.0 Å². The number of carbonyl (C=O) groups is 2. The summed E-state index contributed by atoms with van der Waals surface area (Å²) in [4.78, 5) is 27.2. The first-order valence-corrected chi connectivity index (χ1v) is 10.4. The Kier molecular flexibility index (Phi) is 9.29. The molecule has 156 valence electrons. The van der Waals surface area contributed by atoms with Crippen molar-refractivity contribution in [2.24, 2.45) is 0 Å². The fourth-order valence-corrected chi connectivity index (χ4v) is 3.08. The second kappa shape index (κ2) is 11.7. The molecule has 0 aliphatic carbocycles. The number of hydrogen-bond acceptors (Lipinski definition) is 3. The largest absolute Gasteiger partial charge is 0.484 e. The summed E-state index contributed by atoms with van der Waals surface area (Å²) in [5, 5.41) is 4.09. The maximum atomic E-state index is 13.0. The van der Waals surface area contributed by atoms with E-state index in [-0.39, 0.29) is 25.0 Å². The lowest BCUT2D eigenvalue weighted by Crippen LogP contribution is -2.50. The SMILES string of the molecule is CCCNC(=O)[C@H](CC)N(Cc1ccc(Cl)cc1)C(=O)COc1ccc(Cl)cc1. The topological polar surface area (TPSA) is 58.6 Å². The van der Waals surface area contributed by atoms with Crippen LogP contribution in [0.25, 0.3) is 0 Å². The number of nitrogens with zero attached hydrogens (tertiary/aromatic N) is 1. The van der Waals surface area contributed by atoms with E-state index in [1.54, 1.807) is 41.3 Å². The van der Waals surface area contributed by atoms with Crippen LogP contribution in [0, 0.1) is 0 Å². The van der Waals surface area contributed by atoms with Crippen LogP contribution in [0.15, 0.2) is 48.5 Å². The normalized spacial score (nSPS) is 11.6. The van der Waals surface area contributed by atoms with Gasteiger partial charge in [-0.3, -0.25) is 9.59 Å². The van der Waals surface area contributed by atoms with Gasteiger partial charge in [-0.2, -0.15) is 0 Å². The van der Waals surface area contributed by atoms with Crippen LogP contribution in [0.3, 0.4) is 0 Å². The summed E-state index contributed by atoms with van der Waals surface area (Å²) >= 11 is 11.8. The Morgan fingerprint density at radius 1 is 1.00 bits per heavy atom. The molecule has 0 fully saturated rings. The first kappa shape index (κ1) is 23.0. The molecule has 7 heteroatoms. The lowest BCUT2D eigenvalue weighted by Gasteiger charge is -2.30. The maximum absolute atomic E-state index is 13.0. The third-order valence-electron chi connectivity index (χ3n) is 4.38. The van der Waals surface area contributed by atoms with Crippen LogP contribution in [-0.2, 0) is 16.1 Å². The van der Waals surface area contributed by atoms with Crippen LogP contribution < -0.4 is 10.1 Å². The number of carbonyl (C=O) groups excluding carboxylic acids is 2. The second-order valence-corrected chi connectivity index (χ2v) is 7.48. The zero-order valence-electron chi connectivity index (χ0n) is 16.7. The molecular formula is C22H26Cl2N2O3. The number of ether oxygens (including phenoxy) is 1. The van der Waals surface area contributed by atoms with Crippen LogP contribution in [0.5, 0.6) is 5.75 Å². The van der Waals surface area contributed by atoms with Gasteiger partial charge in [0.05, 0.1) is 0 Å². The fraction of sp³-hybridized carbons (Fsp3) is 0.364. The predicted molar refractivity (Wildman–Crippen MR) is 116 cm³/mol. The van der Waals surface area contributed by atoms with Crippen LogP contribution in [0.2, 0.25) is 10.0 Å². The molecule has 2 aromatic rings. The zero-order valence-corrected chi connectivity index (χ0v) is 18.2. The summed E-state index contributed by atoms with van der Waals surface area (Å²) in [7, 11) is 0. The molecule has 2 rings (SSSR count). The van der Waals surface area contributed by atoms with Crippen molar-refractivity contribution >= 4 is 35.0 Å². The van der Waals surface area contributed by atoms with Gasteiger partial charge in [-0.25, -0.2) is 0 Å². The molecule has 5 nitrogen and oxygen atoms in total. The van der Waals surface area contributed by atoms with Crippen molar-refractivity contribution in [3.63, 3.8) is 0 Å². The van der Waals surface area contributed by atoms with Gasteiger partial charge in [0.15, 0.2) is 6.61 Å². The van der Waals surface area contributed by atoms with Crippen molar-refractivity contribution in [1.82, 2.24) is 10.2 Å². The van der Waals surface area contributed by atoms with Crippen LogP contribution in [-0.4, -0.2) is 35.9 Å². The lowest BCUT2D eigenvalue weighted by atomic mass is 10.1. The average Bonchev–Trinajstić information content (AvgIpc) is 2.72. The number of nitrogens with one attached hydrogen (secondary N) is 1. The molecule has 0 spiro atoms. The first-order chi connectivity index (χ1) is 13.9. The highest BCUT2D eigenvalue weighted by Crippen LogP contribution is 2.18. The lowest BCUT2D eigenvalue weighted by molar-refractivity contribution is -0.143. The van der Waals surface area contributed by atoms with Crippen molar-refractivity contribution in [3.8, 4) is 5.75 Å². The summed E-state index contributed by atoms with van der Waals surface area (Å²) in [5.41, 5.74) is 0.885. The third-order valence-corrected chi connectivity index (χ3v) is 4.88. The number of halogens is 2. The molecule has 0 unspecified atom stereocenters. The van der Waals surface area contributed by atoms with Gasteiger partial charge in [-0.15, -0.1) is 0 Å². The van der Waals surface area contributed by atoms with E-state index in [4.69, 9.17) is 27.9 Å². The van der Waals surface area contributed by atoms with Gasteiger partial charge in [0.2, 0.25) is 5.91 Å². The van der Waals surface area contributed by atoms with E-state index >= 15 is 0 Å². The fourth-order valence-electron chi connectivity index (χ4n) is 2.83. The van der Waals surface area contributed by atoms with Gasteiger partial charge in [0, 0.05) is 23.1 Å². The smallest absolute Gasteiger partial charge is 0.261 e. The second-order valence-electron chi connectivity index (χ2n) is 6.61. The minimum Gasteiger partial charge on any atom is -0.484 e. The molecule has 2 amide bonds. The molecule has 1 atom stereocenters. The zero-order chi connectivity index (χ0) is 21.2. The summed E-state index contributed by atoms with van der Waals surface area (Å²) < 4.78 is 5.61. The van der Waals surface area contributed by atoms with Gasteiger partial charge in [-0.05, 0) is 54.8 Å². The Hall–Kier alpha value is -2.24. The molecule has 0 aliphatic heterocycles. The highest BCUT2D eigenvalue weighted by atomic mass is 35.5. The molecular weight excluding hydrogens is 411 g/mol. The van der Waals surface area contributed by atoms with Crippen molar-refractivity contribution < 1.29 is 14.3 Å². The Morgan fingerprint density at radius 2 is 1.59 bits per heavy atom. The molecule has 0 bridgehead atoms. The van der Waals surface area contributed by atoms with Crippen LogP contribution >= 0.6 is 23.2 Å².